The Hall–Kier alpha value is -1.39. The first kappa shape index (κ1) is 15.0. The summed E-state index contributed by atoms with van der Waals surface area (Å²) in [5.41, 5.74) is 1.37. The van der Waals surface area contributed by atoms with E-state index in [4.69, 9.17) is 0 Å². The van der Waals surface area contributed by atoms with Gasteiger partial charge in [0.25, 0.3) is 0 Å². The summed E-state index contributed by atoms with van der Waals surface area (Å²) in [6.07, 6.45) is 3.00. The lowest BCUT2D eigenvalue weighted by Gasteiger charge is -2.33. The number of piperidine rings is 1. The minimum Gasteiger partial charge on any atom is -0.359 e. The van der Waals surface area contributed by atoms with Gasteiger partial charge < -0.3 is 10.6 Å². The van der Waals surface area contributed by atoms with Crippen LogP contribution in [0.2, 0.25) is 0 Å². The van der Waals surface area contributed by atoms with Crippen molar-refractivity contribution in [1.82, 2.24) is 15.5 Å². The van der Waals surface area contributed by atoms with Gasteiger partial charge in [0, 0.05) is 39.1 Å². The second-order valence-electron chi connectivity index (χ2n) is 5.44. The molecule has 20 heavy (non-hydrogen) atoms. The van der Waals surface area contributed by atoms with Crippen LogP contribution in [-0.2, 0) is 11.3 Å². The Kier molecular flexibility index (Phi) is 6.02. The minimum absolute atomic E-state index is 0.106. The van der Waals surface area contributed by atoms with Crippen LogP contribution in [0.4, 0.5) is 0 Å². The van der Waals surface area contributed by atoms with Crippen molar-refractivity contribution in [3.8, 4) is 0 Å². The second kappa shape index (κ2) is 8.02. The molecule has 1 aromatic rings. The van der Waals surface area contributed by atoms with E-state index in [0.29, 0.717) is 12.5 Å². The standard InChI is InChI=1S/C16H25N3O/c1-17-16(20)9-10-18-15-8-5-11-19(13-15)12-14-6-3-2-4-7-14/h2-4,6-7,15,18H,5,8-13H2,1H3,(H,17,20). The molecule has 0 radical (unpaired) electrons. The van der Waals surface area contributed by atoms with Crippen molar-refractivity contribution < 1.29 is 4.79 Å². The first-order valence-corrected chi connectivity index (χ1v) is 7.48. The molecule has 1 heterocycles. The zero-order chi connectivity index (χ0) is 14.2. The van der Waals surface area contributed by atoms with Gasteiger partial charge in [-0.1, -0.05) is 30.3 Å². The van der Waals surface area contributed by atoms with Gasteiger partial charge in [0.15, 0.2) is 0 Å². The molecule has 0 bridgehead atoms. The molecule has 1 aliphatic rings. The van der Waals surface area contributed by atoms with E-state index in [1.807, 2.05) is 0 Å². The van der Waals surface area contributed by atoms with E-state index in [1.54, 1.807) is 7.05 Å². The molecule has 1 atom stereocenters. The van der Waals surface area contributed by atoms with Gasteiger partial charge in [0.2, 0.25) is 5.91 Å². The number of nitrogens with one attached hydrogen (secondary N) is 2. The van der Waals surface area contributed by atoms with Crippen LogP contribution in [0.5, 0.6) is 0 Å². The molecule has 1 fully saturated rings. The SMILES string of the molecule is CNC(=O)CCNC1CCCN(Cc2ccccc2)C1. The zero-order valence-corrected chi connectivity index (χ0v) is 12.3. The maximum atomic E-state index is 11.2. The molecule has 2 N–H and O–H groups in total. The number of rotatable bonds is 6. The van der Waals surface area contributed by atoms with E-state index in [-0.39, 0.29) is 5.91 Å². The van der Waals surface area contributed by atoms with Crippen molar-refractivity contribution in [2.75, 3.05) is 26.7 Å². The topological polar surface area (TPSA) is 44.4 Å². The molecular formula is C16H25N3O. The van der Waals surface area contributed by atoms with Crippen molar-refractivity contribution in [2.24, 2.45) is 0 Å². The largest absolute Gasteiger partial charge is 0.359 e. The number of hydrogen-bond donors (Lipinski definition) is 2. The van der Waals surface area contributed by atoms with E-state index in [1.165, 1.54) is 24.9 Å². The van der Waals surface area contributed by atoms with Gasteiger partial charge in [-0.2, -0.15) is 0 Å². The van der Waals surface area contributed by atoms with Crippen LogP contribution in [-0.4, -0.2) is 43.5 Å². The average Bonchev–Trinajstić information content (AvgIpc) is 2.48. The average molecular weight is 275 g/mol. The summed E-state index contributed by atoms with van der Waals surface area (Å²) in [6, 6.07) is 11.1. The molecule has 0 spiro atoms. The molecule has 0 aromatic heterocycles. The number of carbonyl (C=O) groups is 1. The van der Waals surface area contributed by atoms with Crippen molar-refractivity contribution in [2.45, 2.75) is 31.8 Å². The van der Waals surface area contributed by atoms with E-state index < -0.39 is 0 Å². The third-order valence-electron chi connectivity index (χ3n) is 3.82. The predicted octanol–water partition coefficient (Wildman–Crippen LogP) is 1.38. The fraction of sp³-hybridized carbons (Fsp3) is 0.562. The number of carbonyl (C=O) groups excluding carboxylic acids is 1. The molecule has 0 aliphatic carbocycles. The quantitative estimate of drug-likeness (QED) is 0.824. The van der Waals surface area contributed by atoms with Crippen LogP contribution >= 0.6 is 0 Å². The summed E-state index contributed by atoms with van der Waals surface area (Å²) < 4.78 is 0. The molecule has 1 amide bonds. The fourth-order valence-corrected chi connectivity index (χ4v) is 2.72. The highest BCUT2D eigenvalue weighted by Gasteiger charge is 2.19. The Labute approximate surface area is 121 Å². The van der Waals surface area contributed by atoms with Crippen LogP contribution in [0, 0.1) is 0 Å². The second-order valence-corrected chi connectivity index (χ2v) is 5.44. The van der Waals surface area contributed by atoms with E-state index in [0.717, 1.165) is 19.6 Å². The zero-order valence-electron chi connectivity index (χ0n) is 12.3. The van der Waals surface area contributed by atoms with Crippen LogP contribution in [0.1, 0.15) is 24.8 Å². The Bertz CT molecular complexity index is 407. The van der Waals surface area contributed by atoms with Crippen LogP contribution in [0.15, 0.2) is 30.3 Å². The number of hydrogen-bond acceptors (Lipinski definition) is 3. The highest BCUT2D eigenvalue weighted by atomic mass is 16.1. The monoisotopic (exact) mass is 275 g/mol. The highest BCUT2D eigenvalue weighted by molar-refractivity contribution is 5.75. The van der Waals surface area contributed by atoms with Gasteiger partial charge in [-0.15, -0.1) is 0 Å². The highest BCUT2D eigenvalue weighted by Crippen LogP contribution is 2.13. The van der Waals surface area contributed by atoms with E-state index in [9.17, 15) is 4.79 Å². The van der Waals surface area contributed by atoms with Crippen LogP contribution in [0.25, 0.3) is 0 Å². The van der Waals surface area contributed by atoms with Gasteiger partial charge in [0.1, 0.15) is 0 Å². The molecule has 1 saturated heterocycles. The van der Waals surface area contributed by atoms with Crippen molar-refractivity contribution >= 4 is 5.91 Å². The third-order valence-corrected chi connectivity index (χ3v) is 3.82. The van der Waals surface area contributed by atoms with Crippen molar-refractivity contribution in [3.63, 3.8) is 0 Å². The lowest BCUT2D eigenvalue weighted by molar-refractivity contribution is -0.120. The van der Waals surface area contributed by atoms with Gasteiger partial charge in [-0.25, -0.2) is 0 Å². The molecule has 1 aromatic carbocycles. The van der Waals surface area contributed by atoms with E-state index >= 15 is 0 Å². The molecule has 1 unspecified atom stereocenters. The van der Waals surface area contributed by atoms with Gasteiger partial charge >= 0.3 is 0 Å². The smallest absolute Gasteiger partial charge is 0.221 e. The molecule has 110 valence electrons. The van der Waals surface area contributed by atoms with Crippen molar-refractivity contribution in [1.29, 1.82) is 0 Å². The maximum absolute atomic E-state index is 11.2. The molecule has 4 nitrogen and oxygen atoms in total. The van der Waals surface area contributed by atoms with Gasteiger partial charge in [-0.3, -0.25) is 9.69 Å². The van der Waals surface area contributed by atoms with Gasteiger partial charge in [0.05, 0.1) is 0 Å². The molecule has 4 heteroatoms. The summed E-state index contributed by atoms with van der Waals surface area (Å²) in [5.74, 6) is 0.106. The van der Waals surface area contributed by atoms with Crippen LogP contribution < -0.4 is 10.6 Å². The minimum atomic E-state index is 0.106. The normalized spacial score (nSPS) is 19.8. The molecule has 0 saturated carbocycles. The first-order valence-electron chi connectivity index (χ1n) is 7.48. The summed E-state index contributed by atoms with van der Waals surface area (Å²) in [6.45, 7) is 4.03. The maximum Gasteiger partial charge on any atom is 0.221 e. The third kappa shape index (κ3) is 4.94. The molecular weight excluding hydrogens is 250 g/mol. The summed E-state index contributed by atoms with van der Waals surface area (Å²) in [7, 11) is 1.69. The van der Waals surface area contributed by atoms with E-state index in [2.05, 4.69) is 45.9 Å². The Balaban J connectivity index is 1.73. The Morgan fingerprint density at radius 1 is 1.35 bits per heavy atom. The summed E-state index contributed by atoms with van der Waals surface area (Å²) in [4.78, 5) is 13.7. The number of benzene rings is 1. The number of nitrogens with zero attached hydrogens (tertiary/aromatic N) is 1. The predicted molar refractivity (Wildman–Crippen MR) is 81.4 cm³/mol. The number of amides is 1. The summed E-state index contributed by atoms with van der Waals surface area (Å²) in [5, 5.41) is 6.15. The van der Waals surface area contributed by atoms with Crippen LogP contribution in [0.3, 0.4) is 0 Å². The lowest BCUT2D eigenvalue weighted by atomic mass is 10.0. The van der Waals surface area contributed by atoms with Crippen molar-refractivity contribution in [3.05, 3.63) is 35.9 Å². The summed E-state index contributed by atoms with van der Waals surface area (Å²) >= 11 is 0. The lowest BCUT2D eigenvalue weighted by Crippen LogP contribution is -2.46. The Morgan fingerprint density at radius 2 is 2.15 bits per heavy atom. The first-order chi connectivity index (χ1) is 9.78. The fourth-order valence-electron chi connectivity index (χ4n) is 2.72. The molecule has 1 aliphatic heterocycles. The molecule has 2 rings (SSSR count). The number of likely N-dealkylation sites (tertiary alicyclic amines) is 1. The van der Waals surface area contributed by atoms with Gasteiger partial charge in [-0.05, 0) is 24.9 Å². The Morgan fingerprint density at radius 3 is 2.90 bits per heavy atom.